The minimum Gasteiger partial charge on any atom is -0.480 e. The molecule has 0 saturated carbocycles. The monoisotopic (exact) mass is 312 g/mol. The first-order valence-electron chi connectivity index (χ1n) is 5.03. The van der Waals surface area contributed by atoms with E-state index in [0.717, 1.165) is 4.47 Å². The highest BCUT2D eigenvalue weighted by Gasteiger charge is 2.13. The van der Waals surface area contributed by atoms with E-state index in [0.29, 0.717) is 16.6 Å². The van der Waals surface area contributed by atoms with Gasteiger partial charge in [0.1, 0.15) is 18.9 Å². The Hall–Kier alpha value is -1.73. The molecule has 18 heavy (non-hydrogen) atoms. The lowest BCUT2D eigenvalue weighted by Crippen LogP contribution is -2.14. The van der Waals surface area contributed by atoms with Crippen molar-refractivity contribution in [2.24, 2.45) is 0 Å². The van der Waals surface area contributed by atoms with E-state index in [9.17, 15) is 9.59 Å². The van der Waals surface area contributed by atoms with Crippen LogP contribution in [0.5, 0.6) is 0 Å². The lowest BCUT2D eigenvalue weighted by Gasteiger charge is -2.00. The molecule has 0 aliphatic heterocycles. The molecule has 0 bridgehead atoms. The second-order valence-electron chi connectivity index (χ2n) is 3.56. The third-order valence-corrected chi connectivity index (χ3v) is 2.69. The molecule has 94 valence electrons. The number of nitrogens with one attached hydrogen (secondary N) is 1. The molecule has 6 nitrogen and oxygen atoms in total. The lowest BCUT2D eigenvalue weighted by molar-refractivity contribution is -0.141. The molecule has 0 spiro atoms. The molecule has 0 unspecified atom stereocenters. The number of carboxylic acid groups (broad SMARTS) is 1. The van der Waals surface area contributed by atoms with Crippen LogP contribution < -0.4 is 0 Å². The zero-order chi connectivity index (χ0) is 13.1. The number of halogens is 1. The van der Waals surface area contributed by atoms with Crippen LogP contribution in [0, 0.1) is 0 Å². The van der Waals surface area contributed by atoms with Crippen LogP contribution in [-0.4, -0.2) is 40.0 Å². The summed E-state index contributed by atoms with van der Waals surface area (Å²) in [5, 5.41) is 9.08. The van der Waals surface area contributed by atoms with Gasteiger partial charge in [0.15, 0.2) is 5.78 Å². The third-order valence-electron chi connectivity index (χ3n) is 2.26. The molecular weight excluding hydrogens is 304 g/mol. The summed E-state index contributed by atoms with van der Waals surface area (Å²) in [6.45, 7) is -0.762. The first kappa shape index (κ1) is 12.7. The lowest BCUT2D eigenvalue weighted by atomic mass is 10.1. The Kier molecular flexibility index (Phi) is 3.73. The van der Waals surface area contributed by atoms with Crippen LogP contribution in [0.25, 0.3) is 11.0 Å². The molecular formula is C11H9BrN2O4. The number of carbonyl (C=O) groups is 2. The van der Waals surface area contributed by atoms with Gasteiger partial charge in [-0.05, 0) is 22.0 Å². The Labute approximate surface area is 110 Å². The molecule has 2 rings (SSSR count). The van der Waals surface area contributed by atoms with Crippen LogP contribution in [-0.2, 0) is 9.53 Å². The average Bonchev–Trinajstić information content (AvgIpc) is 2.71. The molecule has 0 aliphatic rings. The van der Waals surface area contributed by atoms with E-state index in [4.69, 9.17) is 9.84 Å². The summed E-state index contributed by atoms with van der Waals surface area (Å²) >= 11 is 3.28. The summed E-state index contributed by atoms with van der Waals surface area (Å²) in [6.07, 6.45) is 3.16. The number of H-pyrrole nitrogens is 1. The molecule has 2 aromatic rings. The first-order chi connectivity index (χ1) is 8.58. The fourth-order valence-electron chi connectivity index (χ4n) is 1.52. The summed E-state index contributed by atoms with van der Waals surface area (Å²) in [7, 11) is 0. The van der Waals surface area contributed by atoms with Crippen LogP contribution in [0.15, 0.2) is 22.9 Å². The van der Waals surface area contributed by atoms with Crippen molar-refractivity contribution in [1.29, 1.82) is 0 Å². The number of carbonyl (C=O) groups excluding carboxylic acids is 1. The number of ketones is 1. The number of fused-ring (bicyclic) bond motifs is 1. The van der Waals surface area contributed by atoms with Gasteiger partial charge in [-0.3, -0.25) is 4.79 Å². The van der Waals surface area contributed by atoms with Gasteiger partial charge >= 0.3 is 5.97 Å². The topological polar surface area (TPSA) is 92.3 Å². The Balaban J connectivity index is 2.17. The summed E-state index contributed by atoms with van der Waals surface area (Å²) in [6, 6.07) is 1.77. The van der Waals surface area contributed by atoms with Crippen molar-refractivity contribution in [1.82, 2.24) is 9.97 Å². The van der Waals surface area contributed by atoms with E-state index in [1.54, 1.807) is 12.3 Å². The summed E-state index contributed by atoms with van der Waals surface area (Å²) in [5.41, 5.74) is 1.03. The number of hydrogen-bond acceptors (Lipinski definition) is 4. The van der Waals surface area contributed by atoms with E-state index in [1.165, 1.54) is 6.20 Å². The van der Waals surface area contributed by atoms with Crippen molar-refractivity contribution >= 4 is 38.7 Å². The fourth-order valence-corrected chi connectivity index (χ4v) is 1.85. The zero-order valence-corrected chi connectivity index (χ0v) is 10.7. The number of rotatable bonds is 5. The number of carboxylic acids is 1. The Morgan fingerprint density at radius 1 is 1.44 bits per heavy atom. The quantitative estimate of drug-likeness (QED) is 0.818. The maximum absolute atomic E-state index is 11.8. The fraction of sp³-hybridized carbons (Fsp3) is 0.182. The van der Waals surface area contributed by atoms with E-state index in [-0.39, 0.29) is 12.4 Å². The van der Waals surface area contributed by atoms with Gasteiger partial charge in [0, 0.05) is 27.8 Å². The predicted octanol–water partition coefficient (Wildman–Crippen LogP) is 1.61. The standard InChI is InChI=1S/C11H9BrN2O4/c12-6-1-7-8(3-14-11(7)13-2-6)9(15)4-18-5-10(16)17/h1-3H,4-5H2,(H,13,14)(H,16,17). The van der Waals surface area contributed by atoms with Crippen LogP contribution in [0.1, 0.15) is 10.4 Å². The van der Waals surface area contributed by atoms with E-state index < -0.39 is 12.6 Å². The molecule has 0 radical (unpaired) electrons. The highest BCUT2D eigenvalue weighted by Crippen LogP contribution is 2.20. The van der Waals surface area contributed by atoms with Crippen LogP contribution in [0.2, 0.25) is 0 Å². The average molecular weight is 313 g/mol. The zero-order valence-electron chi connectivity index (χ0n) is 9.14. The van der Waals surface area contributed by atoms with Crippen molar-refractivity contribution in [2.45, 2.75) is 0 Å². The highest BCUT2D eigenvalue weighted by molar-refractivity contribution is 9.10. The van der Waals surface area contributed by atoms with Gasteiger partial charge in [0.25, 0.3) is 0 Å². The van der Waals surface area contributed by atoms with Crippen molar-refractivity contribution in [3.8, 4) is 0 Å². The number of aromatic nitrogens is 2. The summed E-state index contributed by atoms with van der Waals surface area (Å²) in [5.74, 6) is -1.39. The van der Waals surface area contributed by atoms with Crippen LogP contribution in [0.4, 0.5) is 0 Å². The SMILES string of the molecule is O=C(O)COCC(=O)c1c[nH]c2ncc(Br)cc12. The molecule has 0 aliphatic carbocycles. The van der Waals surface area contributed by atoms with Crippen molar-refractivity contribution < 1.29 is 19.4 Å². The van der Waals surface area contributed by atoms with Crippen LogP contribution in [0.3, 0.4) is 0 Å². The van der Waals surface area contributed by atoms with Gasteiger partial charge in [-0.2, -0.15) is 0 Å². The number of ether oxygens (including phenoxy) is 1. The van der Waals surface area contributed by atoms with Gasteiger partial charge in [-0.15, -0.1) is 0 Å². The van der Waals surface area contributed by atoms with Gasteiger partial charge in [-0.1, -0.05) is 0 Å². The Morgan fingerprint density at radius 3 is 2.94 bits per heavy atom. The maximum Gasteiger partial charge on any atom is 0.329 e. The number of aromatic amines is 1. The normalized spacial score (nSPS) is 10.7. The Morgan fingerprint density at radius 2 is 2.22 bits per heavy atom. The smallest absolute Gasteiger partial charge is 0.329 e. The molecule has 0 atom stereocenters. The first-order valence-corrected chi connectivity index (χ1v) is 5.82. The van der Waals surface area contributed by atoms with Crippen LogP contribution >= 0.6 is 15.9 Å². The van der Waals surface area contributed by atoms with Gasteiger partial charge in [0.2, 0.25) is 0 Å². The number of Topliss-reactive ketones (excluding diaryl/α,β-unsaturated/α-hetero) is 1. The van der Waals surface area contributed by atoms with E-state index in [2.05, 4.69) is 25.9 Å². The molecule has 0 saturated heterocycles. The van der Waals surface area contributed by atoms with Gasteiger partial charge in [0.05, 0.1) is 0 Å². The molecule has 0 fully saturated rings. The number of pyridine rings is 1. The Bertz CT molecular complexity index is 608. The molecule has 0 amide bonds. The third kappa shape index (κ3) is 2.74. The minimum absolute atomic E-state index is 0.272. The molecule has 2 aromatic heterocycles. The number of hydrogen-bond donors (Lipinski definition) is 2. The van der Waals surface area contributed by atoms with Gasteiger partial charge in [-0.25, -0.2) is 9.78 Å². The summed E-state index contributed by atoms with van der Waals surface area (Å²) < 4.78 is 5.52. The van der Waals surface area contributed by atoms with E-state index >= 15 is 0 Å². The predicted molar refractivity (Wildman–Crippen MR) is 66.6 cm³/mol. The van der Waals surface area contributed by atoms with Crippen molar-refractivity contribution in [3.05, 3.63) is 28.5 Å². The van der Waals surface area contributed by atoms with Crippen molar-refractivity contribution in [3.63, 3.8) is 0 Å². The van der Waals surface area contributed by atoms with E-state index in [1.807, 2.05) is 0 Å². The largest absolute Gasteiger partial charge is 0.480 e. The summed E-state index contributed by atoms with van der Waals surface area (Å²) in [4.78, 5) is 29.1. The molecule has 2 N–H and O–H groups in total. The second kappa shape index (κ2) is 5.28. The minimum atomic E-state index is -1.11. The molecule has 0 aromatic carbocycles. The maximum atomic E-state index is 11.8. The second-order valence-corrected chi connectivity index (χ2v) is 4.48. The molecule has 2 heterocycles. The number of aliphatic carboxylic acids is 1. The van der Waals surface area contributed by atoms with Crippen molar-refractivity contribution in [2.75, 3.05) is 13.2 Å². The molecule has 7 heteroatoms. The highest BCUT2D eigenvalue weighted by atomic mass is 79.9. The van der Waals surface area contributed by atoms with Gasteiger partial charge < -0.3 is 14.8 Å². The number of nitrogens with zero attached hydrogens (tertiary/aromatic N) is 1.